The second-order valence-corrected chi connectivity index (χ2v) is 7.77. The number of ether oxygens (including phenoxy) is 2. The van der Waals surface area contributed by atoms with Gasteiger partial charge in [0.2, 0.25) is 0 Å². The minimum Gasteiger partial charge on any atom is -0.507 e. The Labute approximate surface area is 186 Å². The van der Waals surface area contributed by atoms with E-state index in [2.05, 4.69) is 0 Å². The number of ketones is 1. The summed E-state index contributed by atoms with van der Waals surface area (Å²) in [5.74, 6) is -0.680. The van der Waals surface area contributed by atoms with Crippen molar-refractivity contribution < 1.29 is 24.2 Å². The number of hydrogen-bond acceptors (Lipinski definition) is 5. The molecule has 1 aromatic heterocycles. The van der Waals surface area contributed by atoms with Crippen LogP contribution in [-0.4, -0.2) is 47.0 Å². The van der Waals surface area contributed by atoms with Gasteiger partial charge < -0.3 is 24.0 Å². The van der Waals surface area contributed by atoms with Crippen LogP contribution < -0.4 is 9.47 Å². The van der Waals surface area contributed by atoms with Crippen LogP contribution in [0.3, 0.4) is 0 Å². The standard InChI is InChI=1S/C25H26N2O5/c1-5-12-27-22(18-14-26(2)19-9-7-6-8-16(18)19)21(24(29)25(27)30)23(28)17-11-10-15(31-3)13-20(17)32-4/h6-11,13-14,22,28H,5,12H2,1-4H3/b23-21+. The highest BCUT2D eigenvalue weighted by atomic mass is 16.5. The van der Waals surface area contributed by atoms with Crippen LogP contribution in [-0.2, 0) is 16.6 Å². The number of rotatable bonds is 6. The van der Waals surface area contributed by atoms with Crippen LogP contribution in [0.15, 0.2) is 54.2 Å². The zero-order valence-electron chi connectivity index (χ0n) is 18.6. The number of fused-ring (bicyclic) bond motifs is 1. The van der Waals surface area contributed by atoms with Crippen molar-refractivity contribution in [3.8, 4) is 11.5 Å². The summed E-state index contributed by atoms with van der Waals surface area (Å²) in [5.41, 5.74) is 2.16. The molecule has 1 aliphatic rings. The molecule has 0 radical (unpaired) electrons. The Kier molecular flexibility index (Phi) is 5.65. The van der Waals surface area contributed by atoms with Gasteiger partial charge in [-0.1, -0.05) is 25.1 Å². The molecule has 1 atom stereocenters. The predicted octanol–water partition coefficient (Wildman–Crippen LogP) is 4.03. The fourth-order valence-corrected chi connectivity index (χ4v) is 4.41. The largest absolute Gasteiger partial charge is 0.507 e. The molecule has 2 heterocycles. The van der Waals surface area contributed by atoms with E-state index in [1.165, 1.54) is 14.2 Å². The smallest absolute Gasteiger partial charge is 0.295 e. The fraction of sp³-hybridized carbons (Fsp3) is 0.280. The third-order valence-electron chi connectivity index (χ3n) is 5.89. The fourth-order valence-electron chi connectivity index (χ4n) is 4.41. The highest BCUT2D eigenvalue weighted by Gasteiger charge is 2.46. The zero-order chi connectivity index (χ0) is 23.0. The maximum absolute atomic E-state index is 13.2. The first-order chi connectivity index (χ1) is 15.4. The number of aryl methyl sites for hydroxylation is 1. The van der Waals surface area contributed by atoms with E-state index in [0.717, 1.165) is 16.5 Å². The van der Waals surface area contributed by atoms with E-state index in [4.69, 9.17) is 9.47 Å². The summed E-state index contributed by atoms with van der Waals surface area (Å²) in [6.07, 6.45) is 2.60. The molecule has 166 valence electrons. The maximum atomic E-state index is 13.2. The van der Waals surface area contributed by atoms with E-state index in [1.54, 1.807) is 23.1 Å². The van der Waals surface area contributed by atoms with E-state index in [1.807, 2.05) is 49.0 Å². The van der Waals surface area contributed by atoms with Crippen molar-refractivity contribution in [3.05, 3.63) is 65.4 Å². The number of aliphatic hydroxyl groups is 1. The Hall–Kier alpha value is -3.74. The molecule has 1 unspecified atom stereocenters. The Morgan fingerprint density at radius 3 is 2.53 bits per heavy atom. The average Bonchev–Trinajstić information content (AvgIpc) is 3.27. The molecule has 1 saturated heterocycles. The van der Waals surface area contributed by atoms with Crippen LogP contribution >= 0.6 is 0 Å². The number of amides is 1. The van der Waals surface area contributed by atoms with Gasteiger partial charge in [0, 0.05) is 42.3 Å². The topological polar surface area (TPSA) is 81.0 Å². The van der Waals surface area contributed by atoms with Crippen molar-refractivity contribution in [2.24, 2.45) is 7.05 Å². The molecule has 7 nitrogen and oxygen atoms in total. The van der Waals surface area contributed by atoms with Crippen molar-refractivity contribution >= 4 is 28.4 Å². The number of nitrogens with zero attached hydrogens (tertiary/aromatic N) is 2. The third kappa shape index (κ3) is 3.30. The number of benzene rings is 2. The van der Waals surface area contributed by atoms with E-state index < -0.39 is 17.7 Å². The zero-order valence-corrected chi connectivity index (χ0v) is 18.6. The molecule has 32 heavy (non-hydrogen) atoms. The number of para-hydroxylation sites is 1. The van der Waals surface area contributed by atoms with Gasteiger partial charge in [-0.15, -0.1) is 0 Å². The van der Waals surface area contributed by atoms with Gasteiger partial charge in [0.05, 0.1) is 31.4 Å². The van der Waals surface area contributed by atoms with Crippen LogP contribution in [0.1, 0.15) is 30.5 Å². The van der Waals surface area contributed by atoms with Gasteiger partial charge >= 0.3 is 0 Å². The molecular formula is C25H26N2O5. The lowest BCUT2D eigenvalue weighted by Crippen LogP contribution is -2.30. The quantitative estimate of drug-likeness (QED) is 0.360. The number of aromatic nitrogens is 1. The lowest BCUT2D eigenvalue weighted by molar-refractivity contribution is -0.139. The van der Waals surface area contributed by atoms with Gasteiger partial charge in [-0.05, 0) is 24.6 Å². The molecule has 2 aromatic carbocycles. The van der Waals surface area contributed by atoms with Crippen molar-refractivity contribution in [3.63, 3.8) is 0 Å². The number of likely N-dealkylation sites (tertiary alicyclic amines) is 1. The SMILES string of the molecule is CCCN1C(=O)C(=O)/C(=C(/O)c2ccc(OC)cc2OC)C1c1cn(C)c2ccccc12. The number of carbonyl (C=O) groups excluding carboxylic acids is 2. The van der Waals surface area contributed by atoms with E-state index in [0.29, 0.717) is 30.0 Å². The molecule has 1 N–H and O–H groups in total. The van der Waals surface area contributed by atoms with Crippen molar-refractivity contribution in [2.45, 2.75) is 19.4 Å². The highest BCUT2D eigenvalue weighted by Crippen LogP contribution is 2.43. The lowest BCUT2D eigenvalue weighted by Gasteiger charge is -2.24. The predicted molar refractivity (Wildman–Crippen MR) is 122 cm³/mol. The van der Waals surface area contributed by atoms with Gasteiger partial charge in [0.25, 0.3) is 11.7 Å². The summed E-state index contributed by atoms with van der Waals surface area (Å²) >= 11 is 0. The minimum absolute atomic E-state index is 0.0586. The van der Waals surface area contributed by atoms with Crippen LogP contribution in [0.4, 0.5) is 0 Å². The van der Waals surface area contributed by atoms with E-state index in [9.17, 15) is 14.7 Å². The normalized spacial score (nSPS) is 17.9. The van der Waals surface area contributed by atoms with E-state index >= 15 is 0 Å². The van der Waals surface area contributed by atoms with Gasteiger partial charge in [0.1, 0.15) is 17.3 Å². The van der Waals surface area contributed by atoms with Gasteiger partial charge in [0.15, 0.2) is 0 Å². The number of Topliss-reactive ketones (excluding diaryl/α,β-unsaturated/α-hetero) is 1. The first-order valence-electron chi connectivity index (χ1n) is 10.5. The van der Waals surface area contributed by atoms with Crippen molar-refractivity contribution in [1.82, 2.24) is 9.47 Å². The number of carbonyl (C=O) groups is 2. The maximum Gasteiger partial charge on any atom is 0.295 e. The number of hydrogen-bond donors (Lipinski definition) is 1. The molecule has 3 aromatic rings. The molecule has 4 rings (SSSR count). The molecule has 0 spiro atoms. The molecular weight excluding hydrogens is 408 g/mol. The molecule has 0 aliphatic carbocycles. The Morgan fingerprint density at radius 1 is 1.09 bits per heavy atom. The first-order valence-corrected chi connectivity index (χ1v) is 10.5. The van der Waals surface area contributed by atoms with Gasteiger partial charge in [-0.2, -0.15) is 0 Å². The second-order valence-electron chi connectivity index (χ2n) is 7.77. The highest BCUT2D eigenvalue weighted by molar-refractivity contribution is 6.46. The summed E-state index contributed by atoms with van der Waals surface area (Å²) in [6, 6.07) is 12.0. The molecule has 1 aliphatic heterocycles. The lowest BCUT2D eigenvalue weighted by atomic mass is 9.94. The molecule has 1 amide bonds. The minimum atomic E-state index is -0.702. The number of methoxy groups -OCH3 is 2. The first kappa shape index (κ1) is 21.5. The van der Waals surface area contributed by atoms with Crippen molar-refractivity contribution in [1.29, 1.82) is 0 Å². The Bertz CT molecular complexity index is 1240. The second kappa shape index (κ2) is 8.42. The molecule has 0 bridgehead atoms. The number of aliphatic hydroxyl groups excluding tert-OH is 1. The molecule has 7 heteroatoms. The summed E-state index contributed by atoms with van der Waals surface area (Å²) in [7, 11) is 4.93. The monoisotopic (exact) mass is 434 g/mol. The summed E-state index contributed by atoms with van der Waals surface area (Å²) < 4.78 is 12.6. The molecule has 1 fully saturated rings. The third-order valence-corrected chi connectivity index (χ3v) is 5.89. The van der Waals surface area contributed by atoms with Crippen LogP contribution in [0.25, 0.3) is 16.7 Å². The van der Waals surface area contributed by atoms with Crippen LogP contribution in [0, 0.1) is 0 Å². The van der Waals surface area contributed by atoms with Crippen LogP contribution in [0.5, 0.6) is 11.5 Å². The summed E-state index contributed by atoms with van der Waals surface area (Å²) in [4.78, 5) is 27.7. The average molecular weight is 434 g/mol. The Balaban J connectivity index is 1.98. The summed E-state index contributed by atoms with van der Waals surface area (Å²) in [5, 5.41) is 12.3. The van der Waals surface area contributed by atoms with E-state index in [-0.39, 0.29) is 11.3 Å². The molecule has 0 saturated carbocycles. The van der Waals surface area contributed by atoms with Gasteiger partial charge in [-0.3, -0.25) is 9.59 Å². The van der Waals surface area contributed by atoms with Gasteiger partial charge in [-0.25, -0.2) is 0 Å². The Morgan fingerprint density at radius 2 is 1.84 bits per heavy atom. The summed E-state index contributed by atoms with van der Waals surface area (Å²) in [6.45, 7) is 2.35. The van der Waals surface area contributed by atoms with Crippen LogP contribution in [0.2, 0.25) is 0 Å². The van der Waals surface area contributed by atoms with Crippen molar-refractivity contribution in [2.75, 3.05) is 20.8 Å².